The van der Waals surface area contributed by atoms with Gasteiger partial charge in [0.05, 0.1) is 29.9 Å². The summed E-state index contributed by atoms with van der Waals surface area (Å²) in [5, 5.41) is 22.5. The van der Waals surface area contributed by atoms with Crippen molar-refractivity contribution in [2.24, 2.45) is 0 Å². The number of amides is 1. The Morgan fingerprint density at radius 2 is 1.64 bits per heavy atom. The van der Waals surface area contributed by atoms with Crippen molar-refractivity contribution in [2.45, 2.75) is 43.1 Å². The van der Waals surface area contributed by atoms with Crippen molar-refractivity contribution in [3.05, 3.63) is 149 Å². The van der Waals surface area contributed by atoms with E-state index in [2.05, 4.69) is 15.3 Å². The molecule has 1 aliphatic heterocycles. The van der Waals surface area contributed by atoms with Crippen LogP contribution in [0.3, 0.4) is 0 Å². The van der Waals surface area contributed by atoms with Gasteiger partial charge in [-0.25, -0.2) is 9.78 Å². The first-order chi connectivity index (χ1) is 23.0. The van der Waals surface area contributed by atoms with Crippen molar-refractivity contribution < 1.29 is 29.3 Å². The molecule has 3 aromatic carbocycles. The van der Waals surface area contributed by atoms with Crippen molar-refractivity contribution in [2.75, 3.05) is 5.75 Å². The highest BCUT2D eigenvalue weighted by atomic mass is 32.2. The summed E-state index contributed by atoms with van der Waals surface area (Å²) in [6.45, 7) is 0.323. The molecule has 1 fully saturated rings. The third-order valence-corrected chi connectivity index (χ3v) is 8.96. The van der Waals surface area contributed by atoms with Gasteiger partial charge in [0.25, 0.3) is 5.91 Å². The number of pyridine rings is 2. The van der Waals surface area contributed by atoms with Crippen molar-refractivity contribution in [3.8, 4) is 11.1 Å². The van der Waals surface area contributed by atoms with Gasteiger partial charge >= 0.3 is 5.97 Å². The number of carbonyl (C=O) groups excluding carboxylic acids is 1. The molecule has 5 aromatic rings. The summed E-state index contributed by atoms with van der Waals surface area (Å²) in [5.41, 5.74) is 6.18. The third-order valence-electron chi connectivity index (χ3n) is 7.82. The topological polar surface area (TPSA) is 131 Å². The number of ether oxygens (including phenoxy) is 2. The number of aliphatic hydroxyl groups is 1. The number of aliphatic hydroxyl groups excluding tert-OH is 1. The van der Waals surface area contributed by atoms with Crippen LogP contribution < -0.4 is 5.32 Å². The molecule has 3 atom stereocenters. The molecule has 1 amide bonds. The van der Waals surface area contributed by atoms with Crippen LogP contribution in [0.5, 0.6) is 0 Å². The fourth-order valence-corrected chi connectivity index (χ4v) is 6.38. The Kier molecular flexibility index (Phi) is 10.3. The molecule has 3 N–H and O–H groups in total. The zero-order chi connectivity index (χ0) is 32.6. The molecule has 10 heteroatoms. The average Bonchev–Trinajstić information content (AvgIpc) is 3.13. The number of aromatic carboxylic acids is 1. The predicted octanol–water partition coefficient (Wildman–Crippen LogP) is 6.60. The molecule has 1 aliphatic rings. The van der Waals surface area contributed by atoms with Crippen LogP contribution in [0.1, 0.15) is 61.8 Å². The highest BCUT2D eigenvalue weighted by molar-refractivity contribution is 7.99. The average molecular weight is 648 g/mol. The number of hydrogen-bond acceptors (Lipinski definition) is 8. The lowest BCUT2D eigenvalue weighted by molar-refractivity contribution is -0.245. The molecule has 238 valence electrons. The Bertz CT molecular complexity index is 1840. The Morgan fingerprint density at radius 1 is 0.851 bits per heavy atom. The van der Waals surface area contributed by atoms with Gasteiger partial charge in [0, 0.05) is 42.9 Å². The van der Waals surface area contributed by atoms with Crippen molar-refractivity contribution >= 4 is 23.6 Å². The molecular formula is C37H33N3O6S. The van der Waals surface area contributed by atoms with E-state index in [-0.39, 0.29) is 30.3 Å². The van der Waals surface area contributed by atoms with Crippen LogP contribution in [0.4, 0.5) is 0 Å². The first-order valence-corrected chi connectivity index (χ1v) is 16.1. The van der Waals surface area contributed by atoms with Crippen molar-refractivity contribution in [1.29, 1.82) is 0 Å². The van der Waals surface area contributed by atoms with E-state index in [1.54, 1.807) is 36.7 Å². The van der Waals surface area contributed by atoms with Crippen LogP contribution in [0, 0.1) is 0 Å². The summed E-state index contributed by atoms with van der Waals surface area (Å²) < 4.78 is 13.0. The highest BCUT2D eigenvalue weighted by Crippen LogP contribution is 2.40. The SMILES string of the molecule is O=C(NCc1cccc(-c2cccc([C@@H]3O[C@H](CSc4ncccc4C(=O)O)C[C@H](c4ccc(CO)cc4)O3)c2)c1)c1cccnc1. The number of carboxylic acid groups (broad SMARTS) is 1. The number of carbonyl (C=O) groups is 2. The molecule has 2 aromatic heterocycles. The minimum Gasteiger partial charge on any atom is -0.478 e. The standard InChI is InChI=1S/C37H33N3O6S/c41-22-24-11-13-26(14-12-24)33-19-31(23-47-35-32(36(43)44)10-4-16-39-35)45-37(46-33)29-8-2-7-28(18-29)27-6-1-5-25(17-27)20-40-34(42)30-9-3-15-38-21-30/h1-18,21,31,33,37,41H,19-20,22-23H2,(H,40,42)(H,43,44)/t31-,33+,37+/m0/s1. The van der Waals surface area contributed by atoms with Crippen LogP contribution in [-0.4, -0.2) is 43.9 Å². The second-order valence-electron chi connectivity index (χ2n) is 11.1. The predicted molar refractivity (Wildman–Crippen MR) is 178 cm³/mol. The van der Waals surface area contributed by atoms with E-state index in [9.17, 15) is 19.8 Å². The minimum absolute atomic E-state index is 0.0440. The largest absolute Gasteiger partial charge is 0.478 e. The Balaban J connectivity index is 1.21. The molecule has 0 spiro atoms. The van der Waals surface area contributed by atoms with E-state index >= 15 is 0 Å². The number of nitrogens with one attached hydrogen (secondary N) is 1. The van der Waals surface area contributed by atoms with E-state index in [1.807, 2.05) is 72.8 Å². The molecule has 9 nitrogen and oxygen atoms in total. The van der Waals surface area contributed by atoms with Crippen LogP contribution in [0.2, 0.25) is 0 Å². The van der Waals surface area contributed by atoms with Crippen LogP contribution in [-0.2, 0) is 22.6 Å². The number of aromatic nitrogens is 2. The van der Waals surface area contributed by atoms with E-state index < -0.39 is 12.3 Å². The summed E-state index contributed by atoms with van der Waals surface area (Å²) in [6, 6.07) is 30.3. The molecule has 3 heterocycles. The first-order valence-electron chi connectivity index (χ1n) is 15.2. The Hall–Kier alpha value is -4.87. The Labute approximate surface area is 276 Å². The van der Waals surface area contributed by atoms with Crippen LogP contribution >= 0.6 is 11.8 Å². The maximum absolute atomic E-state index is 12.5. The second-order valence-corrected chi connectivity index (χ2v) is 12.1. The van der Waals surface area contributed by atoms with Crippen molar-refractivity contribution in [3.63, 3.8) is 0 Å². The van der Waals surface area contributed by atoms with Crippen LogP contribution in [0.15, 0.2) is 121 Å². The maximum Gasteiger partial charge on any atom is 0.338 e. The van der Waals surface area contributed by atoms with E-state index in [0.29, 0.717) is 29.3 Å². The summed E-state index contributed by atoms with van der Waals surface area (Å²) >= 11 is 1.35. The minimum atomic E-state index is -1.02. The maximum atomic E-state index is 12.5. The fraction of sp³-hybridized carbons (Fsp3) is 0.189. The number of thioether (sulfide) groups is 1. The molecule has 0 unspecified atom stereocenters. The number of carboxylic acids is 1. The number of nitrogens with zero attached hydrogens (tertiary/aromatic N) is 2. The quantitative estimate of drug-likeness (QED) is 0.136. The zero-order valence-corrected chi connectivity index (χ0v) is 26.2. The second kappa shape index (κ2) is 15.1. The summed E-state index contributed by atoms with van der Waals surface area (Å²) in [4.78, 5) is 32.6. The van der Waals surface area contributed by atoms with Gasteiger partial charge in [0.2, 0.25) is 0 Å². The van der Waals surface area contributed by atoms with Gasteiger partial charge in [-0.1, -0.05) is 60.7 Å². The lowest BCUT2D eigenvalue weighted by atomic mass is 9.99. The van der Waals surface area contributed by atoms with Gasteiger partial charge in [-0.15, -0.1) is 11.8 Å². The monoisotopic (exact) mass is 647 g/mol. The lowest BCUT2D eigenvalue weighted by Gasteiger charge is -2.36. The molecular weight excluding hydrogens is 614 g/mol. The normalized spacial score (nSPS) is 17.6. The molecule has 0 saturated carbocycles. The first kappa shape index (κ1) is 32.1. The van der Waals surface area contributed by atoms with Gasteiger partial charge in [-0.05, 0) is 64.2 Å². The van der Waals surface area contributed by atoms with E-state index in [0.717, 1.165) is 33.4 Å². The molecule has 0 radical (unpaired) electrons. The van der Waals surface area contributed by atoms with E-state index in [4.69, 9.17) is 9.47 Å². The van der Waals surface area contributed by atoms with Gasteiger partial charge in [0.15, 0.2) is 6.29 Å². The molecule has 6 rings (SSSR count). The molecule has 47 heavy (non-hydrogen) atoms. The van der Waals surface area contributed by atoms with Gasteiger partial charge in [0.1, 0.15) is 5.03 Å². The number of benzene rings is 3. The fourth-order valence-electron chi connectivity index (χ4n) is 5.37. The lowest BCUT2D eigenvalue weighted by Crippen LogP contribution is -2.31. The van der Waals surface area contributed by atoms with E-state index in [1.165, 1.54) is 18.0 Å². The number of hydrogen-bond donors (Lipinski definition) is 3. The summed E-state index contributed by atoms with van der Waals surface area (Å²) in [7, 11) is 0. The zero-order valence-electron chi connectivity index (χ0n) is 25.4. The number of rotatable bonds is 11. The molecule has 0 aliphatic carbocycles. The Morgan fingerprint density at radius 3 is 2.40 bits per heavy atom. The summed E-state index contributed by atoms with van der Waals surface area (Å²) in [5.74, 6) is -0.730. The molecule has 1 saturated heterocycles. The van der Waals surface area contributed by atoms with Gasteiger partial charge in [-0.3, -0.25) is 9.78 Å². The van der Waals surface area contributed by atoms with Crippen LogP contribution in [0.25, 0.3) is 11.1 Å². The van der Waals surface area contributed by atoms with Crippen molar-refractivity contribution in [1.82, 2.24) is 15.3 Å². The smallest absolute Gasteiger partial charge is 0.338 e. The molecule has 0 bridgehead atoms. The van der Waals surface area contributed by atoms with Gasteiger partial charge in [-0.2, -0.15) is 0 Å². The summed E-state index contributed by atoms with van der Waals surface area (Å²) in [6.07, 6.45) is 4.08. The third kappa shape index (κ3) is 8.11. The van der Waals surface area contributed by atoms with Gasteiger partial charge < -0.3 is 25.0 Å². The highest BCUT2D eigenvalue weighted by Gasteiger charge is 2.33.